The molecular weight excluding hydrogens is 276 g/mol. The molecule has 118 valence electrons. The number of aliphatic hydroxyl groups is 1. The lowest BCUT2D eigenvalue weighted by Crippen LogP contribution is -2.35. The molecule has 5 nitrogen and oxygen atoms in total. The molecule has 2 aromatic rings. The number of hydrogen-bond donors (Lipinski definition) is 1. The summed E-state index contributed by atoms with van der Waals surface area (Å²) in [5.74, 6) is 1.60. The van der Waals surface area contributed by atoms with Crippen molar-refractivity contribution >= 4 is 0 Å². The molecule has 5 heteroatoms. The predicted octanol–water partition coefficient (Wildman–Crippen LogP) is 2.25. The van der Waals surface area contributed by atoms with Gasteiger partial charge in [0.2, 0.25) is 0 Å². The van der Waals surface area contributed by atoms with Crippen molar-refractivity contribution in [1.82, 2.24) is 19.7 Å². The number of nitrogens with zero attached hydrogens (tertiary/aromatic N) is 4. The first-order valence-corrected chi connectivity index (χ1v) is 8.07. The van der Waals surface area contributed by atoms with Crippen molar-refractivity contribution in [3.8, 4) is 5.69 Å². The van der Waals surface area contributed by atoms with Crippen LogP contribution in [0.5, 0.6) is 0 Å². The Kier molecular flexibility index (Phi) is 4.85. The highest BCUT2D eigenvalue weighted by molar-refractivity contribution is 5.29. The molecule has 1 aliphatic rings. The summed E-state index contributed by atoms with van der Waals surface area (Å²) in [5.41, 5.74) is 1.02. The van der Waals surface area contributed by atoms with Crippen molar-refractivity contribution in [3.63, 3.8) is 0 Å². The van der Waals surface area contributed by atoms with E-state index in [2.05, 4.69) is 21.9 Å². The highest BCUT2D eigenvalue weighted by Gasteiger charge is 2.27. The van der Waals surface area contributed by atoms with E-state index in [4.69, 9.17) is 0 Å². The van der Waals surface area contributed by atoms with Gasteiger partial charge < -0.3 is 5.11 Å². The molecule has 0 amide bonds. The van der Waals surface area contributed by atoms with E-state index in [1.807, 2.05) is 35.0 Å². The maximum Gasteiger partial charge on any atom is 0.165 e. The van der Waals surface area contributed by atoms with Crippen LogP contribution in [0.25, 0.3) is 5.69 Å². The van der Waals surface area contributed by atoms with E-state index in [9.17, 15) is 5.11 Å². The van der Waals surface area contributed by atoms with E-state index in [-0.39, 0.29) is 6.61 Å². The number of hydrogen-bond acceptors (Lipinski definition) is 4. The van der Waals surface area contributed by atoms with E-state index in [0.29, 0.717) is 19.1 Å². The standard InChI is InChI=1S/C17H24N4O/c1-14-7-8-16(11-14)20(9-10-22)12-17-18-13-21(19-17)15-5-3-2-4-6-15/h2-6,13-14,16,22H,7-12H2,1H3/t14-,16+/m1/s1. The smallest absolute Gasteiger partial charge is 0.165 e. The first-order valence-electron chi connectivity index (χ1n) is 8.07. The van der Waals surface area contributed by atoms with Crippen molar-refractivity contribution in [2.24, 2.45) is 5.92 Å². The van der Waals surface area contributed by atoms with Gasteiger partial charge in [0.1, 0.15) is 6.33 Å². The van der Waals surface area contributed by atoms with Crippen molar-refractivity contribution in [2.75, 3.05) is 13.2 Å². The second kappa shape index (κ2) is 7.03. The fraction of sp³-hybridized carbons (Fsp3) is 0.529. The Labute approximate surface area is 131 Å². The van der Waals surface area contributed by atoms with Crippen molar-refractivity contribution in [1.29, 1.82) is 0 Å². The van der Waals surface area contributed by atoms with Gasteiger partial charge in [0.15, 0.2) is 5.82 Å². The Morgan fingerprint density at radius 1 is 1.27 bits per heavy atom. The minimum atomic E-state index is 0.185. The molecule has 0 aliphatic heterocycles. The summed E-state index contributed by atoms with van der Waals surface area (Å²) in [7, 11) is 0. The molecule has 0 radical (unpaired) electrons. The van der Waals surface area contributed by atoms with Crippen molar-refractivity contribution in [2.45, 2.75) is 38.8 Å². The van der Waals surface area contributed by atoms with Crippen LogP contribution in [-0.2, 0) is 6.54 Å². The first kappa shape index (κ1) is 15.2. The SMILES string of the molecule is C[C@@H]1CC[C@H](N(CCO)Cc2ncn(-c3ccccc3)n2)C1. The number of aromatic nitrogens is 3. The third kappa shape index (κ3) is 3.54. The molecule has 1 N–H and O–H groups in total. The molecule has 0 spiro atoms. The topological polar surface area (TPSA) is 54.2 Å². The summed E-state index contributed by atoms with van der Waals surface area (Å²) in [6.45, 7) is 3.89. The minimum absolute atomic E-state index is 0.185. The zero-order valence-electron chi connectivity index (χ0n) is 13.1. The van der Waals surface area contributed by atoms with Gasteiger partial charge in [-0.1, -0.05) is 25.1 Å². The lowest BCUT2D eigenvalue weighted by Gasteiger charge is -2.27. The average molecular weight is 300 g/mol. The molecule has 3 rings (SSSR count). The van der Waals surface area contributed by atoms with Crippen LogP contribution in [0.1, 0.15) is 32.0 Å². The molecule has 0 unspecified atom stereocenters. The quantitative estimate of drug-likeness (QED) is 0.889. The molecule has 1 heterocycles. The van der Waals surface area contributed by atoms with Crippen molar-refractivity contribution in [3.05, 3.63) is 42.5 Å². The third-order valence-corrected chi connectivity index (χ3v) is 4.48. The molecule has 0 saturated heterocycles. The van der Waals surface area contributed by atoms with Gasteiger partial charge in [-0.2, -0.15) is 0 Å². The van der Waals surface area contributed by atoms with Crippen LogP contribution in [0.4, 0.5) is 0 Å². The highest BCUT2D eigenvalue weighted by atomic mass is 16.3. The first-order chi connectivity index (χ1) is 10.8. The predicted molar refractivity (Wildman–Crippen MR) is 85.7 cm³/mol. The van der Waals surface area contributed by atoms with Crippen molar-refractivity contribution < 1.29 is 5.11 Å². The Morgan fingerprint density at radius 3 is 2.77 bits per heavy atom. The molecule has 1 aromatic carbocycles. The fourth-order valence-electron chi connectivity index (χ4n) is 3.28. The van der Waals surface area contributed by atoms with Gasteiger partial charge in [-0.3, -0.25) is 4.90 Å². The van der Waals surface area contributed by atoms with Gasteiger partial charge in [-0.15, -0.1) is 5.10 Å². The van der Waals surface area contributed by atoms with Crippen LogP contribution < -0.4 is 0 Å². The molecule has 1 fully saturated rings. The monoisotopic (exact) mass is 300 g/mol. The van der Waals surface area contributed by atoms with Gasteiger partial charge in [0.05, 0.1) is 18.8 Å². The van der Waals surface area contributed by atoms with E-state index < -0.39 is 0 Å². The van der Waals surface area contributed by atoms with Gasteiger partial charge >= 0.3 is 0 Å². The largest absolute Gasteiger partial charge is 0.395 e. The summed E-state index contributed by atoms with van der Waals surface area (Å²) in [4.78, 5) is 6.76. The summed E-state index contributed by atoms with van der Waals surface area (Å²) in [6.07, 6.45) is 5.46. The molecule has 1 aromatic heterocycles. The molecular formula is C17H24N4O. The molecule has 22 heavy (non-hydrogen) atoms. The average Bonchev–Trinajstić information content (AvgIpc) is 3.17. The molecule has 2 atom stereocenters. The van der Waals surface area contributed by atoms with Crippen LogP contribution >= 0.6 is 0 Å². The van der Waals surface area contributed by atoms with Gasteiger partial charge in [0.25, 0.3) is 0 Å². The van der Waals surface area contributed by atoms with Gasteiger partial charge in [-0.25, -0.2) is 9.67 Å². The fourth-order valence-corrected chi connectivity index (χ4v) is 3.28. The number of benzene rings is 1. The number of para-hydroxylation sites is 1. The lowest BCUT2D eigenvalue weighted by molar-refractivity contribution is 0.140. The summed E-state index contributed by atoms with van der Waals surface area (Å²) in [6, 6.07) is 10.6. The lowest BCUT2D eigenvalue weighted by atomic mass is 10.1. The Morgan fingerprint density at radius 2 is 2.09 bits per heavy atom. The zero-order chi connectivity index (χ0) is 15.4. The summed E-state index contributed by atoms with van der Waals surface area (Å²) < 4.78 is 1.81. The van der Waals surface area contributed by atoms with E-state index >= 15 is 0 Å². The van der Waals surface area contributed by atoms with Gasteiger partial charge in [0, 0.05) is 12.6 Å². The number of rotatable bonds is 6. The normalized spacial score (nSPS) is 21.6. The second-order valence-corrected chi connectivity index (χ2v) is 6.21. The summed E-state index contributed by atoms with van der Waals surface area (Å²) >= 11 is 0. The Bertz CT molecular complexity index is 583. The summed E-state index contributed by atoms with van der Waals surface area (Å²) in [5, 5.41) is 13.9. The van der Waals surface area contributed by atoms with E-state index in [1.54, 1.807) is 6.33 Å². The number of aliphatic hydroxyl groups excluding tert-OH is 1. The van der Waals surface area contributed by atoms with E-state index in [1.165, 1.54) is 19.3 Å². The molecule has 1 saturated carbocycles. The maximum absolute atomic E-state index is 9.34. The van der Waals surface area contributed by atoms with Crippen LogP contribution in [0.15, 0.2) is 36.7 Å². The van der Waals surface area contributed by atoms with Gasteiger partial charge in [-0.05, 0) is 37.3 Å². The molecule has 1 aliphatic carbocycles. The van der Waals surface area contributed by atoms with Crippen LogP contribution in [-0.4, -0.2) is 44.0 Å². The Balaban J connectivity index is 1.69. The Hall–Kier alpha value is -1.72. The highest BCUT2D eigenvalue weighted by Crippen LogP contribution is 2.29. The van der Waals surface area contributed by atoms with Crippen LogP contribution in [0, 0.1) is 5.92 Å². The minimum Gasteiger partial charge on any atom is -0.395 e. The van der Waals surface area contributed by atoms with Crippen LogP contribution in [0.2, 0.25) is 0 Å². The van der Waals surface area contributed by atoms with E-state index in [0.717, 1.165) is 17.4 Å². The zero-order valence-corrected chi connectivity index (χ0v) is 13.1. The van der Waals surface area contributed by atoms with Crippen LogP contribution in [0.3, 0.4) is 0 Å². The second-order valence-electron chi connectivity index (χ2n) is 6.21. The molecule has 0 bridgehead atoms. The maximum atomic E-state index is 9.34. The third-order valence-electron chi connectivity index (χ3n) is 4.48.